The Bertz CT molecular complexity index is 3730. The first-order valence-electron chi connectivity index (χ1n) is 19.8. The van der Waals surface area contributed by atoms with Gasteiger partial charge in [0.1, 0.15) is 5.58 Å². The van der Waals surface area contributed by atoms with Crippen molar-refractivity contribution in [3.8, 4) is 28.2 Å². The number of hydrogen-bond acceptors (Lipinski definition) is 1. The Morgan fingerprint density at radius 3 is 1.48 bits per heavy atom. The van der Waals surface area contributed by atoms with E-state index in [0.717, 1.165) is 55.4 Å². The van der Waals surface area contributed by atoms with E-state index >= 15 is 0 Å². The molecule has 13 rings (SSSR count). The molecule has 13 aromatic rings. The zero-order valence-electron chi connectivity index (χ0n) is 31.3. The minimum atomic E-state index is 0.895. The van der Waals surface area contributed by atoms with Crippen molar-refractivity contribution in [1.29, 1.82) is 0 Å². The molecule has 0 amide bonds. The summed E-state index contributed by atoms with van der Waals surface area (Å²) in [4.78, 5) is 0. The third kappa shape index (κ3) is 4.34. The molecule has 0 spiro atoms. The van der Waals surface area contributed by atoms with Gasteiger partial charge in [0.25, 0.3) is 0 Å². The van der Waals surface area contributed by atoms with Crippen LogP contribution >= 0.6 is 0 Å². The fourth-order valence-electron chi connectivity index (χ4n) is 9.69. The van der Waals surface area contributed by atoms with E-state index in [0.29, 0.717) is 0 Å². The Kier molecular flexibility index (Phi) is 6.41. The Hall–Kier alpha value is -7.82. The molecule has 0 radical (unpaired) electrons. The van der Waals surface area contributed by atoms with Crippen LogP contribution in [-0.4, -0.2) is 13.7 Å². The summed E-state index contributed by atoms with van der Waals surface area (Å²) in [5.41, 5.74) is 14.5. The van der Waals surface area contributed by atoms with Gasteiger partial charge in [0.05, 0.1) is 33.1 Å². The number of furan rings is 1. The van der Waals surface area contributed by atoms with Crippen molar-refractivity contribution in [3.63, 3.8) is 0 Å². The molecule has 0 bridgehead atoms. The van der Waals surface area contributed by atoms with Crippen molar-refractivity contribution >= 4 is 87.4 Å². The molecule has 0 unspecified atom stereocenters. The molecular formula is C54H33N3O. The fourth-order valence-corrected chi connectivity index (χ4v) is 9.69. The lowest BCUT2D eigenvalue weighted by Gasteiger charge is -2.12. The first-order chi connectivity index (χ1) is 28.8. The second-order valence-electron chi connectivity index (χ2n) is 15.3. The van der Waals surface area contributed by atoms with Crippen molar-refractivity contribution in [3.05, 3.63) is 200 Å². The number of para-hydroxylation sites is 5. The van der Waals surface area contributed by atoms with Crippen LogP contribution < -0.4 is 0 Å². The number of nitrogens with zero attached hydrogens (tertiary/aromatic N) is 3. The standard InChI is InChI=1S/C54H33N3O/c1-2-12-36(13-3-1)55-47-18-8-6-16-41(47)42-28-24-35(32-51(42)55)34-22-25-37(26-23-34)57-50-31-27-38(56-48-19-9-4-14-39(48)40-15-5-10-20-49(40)56)33-46(50)44-29-30-45-43-17-7-11-21-52(43)58-54(45)53(44)57/h1-33H. The molecule has 9 aromatic carbocycles. The number of rotatable bonds is 4. The molecule has 0 atom stereocenters. The maximum atomic E-state index is 6.75. The summed E-state index contributed by atoms with van der Waals surface area (Å²) in [5, 5.41) is 9.60. The number of hydrogen-bond donors (Lipinski definition) is 0. The van der Waals surface area contributed by atoms with E-state index in [9.17, 15) is 0 Å². The molecule has 270 valence electrons. The monoisotopic (exact) mass is 739 g/mol. The van der Waals surface area contributed by atoms with Crippen molar-refractivity contribution in [2.24, 2.45) is 0 Å². The largest absolute Gasteiger partial charge is 0.454 e. The van der Waals surface area contributed by atoms with Crippen LogP contribution in [0.4, 0.5) is 0 Å². The van der Waals surface area contributed by atoms with Gasteiger partial charge >= 0.3 is 0 Å². The summed E-state index contributed by atoms with van der Waals surface area (Å²) < 4.78 is 13.9. The van der Waals surface area contributed by atoms with Crippen LogP contribution in [0.2, 0.25) is 0 Å². The second kappa shape index (κ2) is 11.8. The van der Waals surface area contributed by atoms with E-state index in [1.807, 2.05) is 6.07 Å². The SMILES string of the molecule is c1ccc(-n2c3ccccc3c3ccc(-c4ccc(-n5c6ccc(-n7c8ccccc8c8ccccc87)cc6c6ccc7c8ccccc8oc7c65)cc4)cc32)cc1. The first-order valence-corrected chi connectivity index (χ1v) is 19.8. The average Bonchev–Trinajstić information content (AvgIpc) is 4.03. The Labute approximate surface area is 332 Å². The van der Waals surface area contributed by atoms with Crippen LogP contribution in [0, 0.1) is 0 Å². The van der Waals surface area contributed by atoms with E-state index in [-0.39, 0.29) is 0 Å². The van der Waals surface area contributed by atoms with E-state index in [4.69, 9.17) is 4.42 Å². The highest BCUT2D eigenvalue weighted by Crippen LogP contribution is 2.42. The second-order valence-corrected chi connectivity index (χ2v) is 15.3. The summed E-state index contributed by atoms with van der Waals surface area (Å²) >= 11 is 0. The van der Waals surface area contributed by atoms with E-state index in [2.05, 4.69) is 208 Å². The summed E-state index contributed by atoms with van der Waals surface area (Å²) in [6, 6.07) is 72.4. The summed E-state index contributed by atoms with van der Waals surface area (Å²) in [6.45, 7) is 0. The van der Waals surface area contributed by atoms with Crippen molar-refractivity contribution in [2.45, 2.75) is 0 Å². The first kappa shape index (κ1) is 31.4. The van der Waals surface area contributed by atoms with Crippen LogP contribution in [0.15, 0.2) is 205 Å². The summed E-state index contributed by atoms with van der Waals surface area (Å²) in [7, 11) is 0. The molecule has 58 heavy (non-hydrogen) atoms. The van der Waals surface area contributed by atoms with Crippen LogP contribution in [0.1, 0.15) is 0 Å². The lowest BCUT2D eigenvalue weighted by molar-refractivity contribution is 0.671. The highest BCUT2D eigenvalue weighted by Gasteiger charge is 2.21. The molecule has 4 nitrogen and oxygen atoms in total. The van der Waals surface area contributed by atoms with Crippen molar-refractivity contribution in [1.82, 2.24) is 13.7 Å². The van der Waals surface area contributed by atoms with Gasteiger partial charge in [0, 0.05) is 60.2 Å². The predicted octanol–water partition coefficient (Wildman–Crippen LogP) is 14.5. The Morgan fingerprint density at radius 1 is 0.276 bits per heavy atom. The molecule has 0 aliphatic carbocycles. The van der Waals surface area contributed by atoms with Crippen molar-refractivity contribution in [2.75, 3.05) is 0 Å². The summed E-state index contributed by atoms with van der Waals surface area (Å²) in [6.07, 6.45) is 0. The van der Waals surface area contributed by atoms with Crippen molar-refractivity contribution < 1.29 is 4.42 Å². The molecular weight excluding hydrogens is 707 g/mol. The molecule has 4 heteroatoms. The van der Waals surface area contributed by atoms with Crippen LogP contribution in [0.5, 0.6) is 0 Å². The zero-order chi connectivity index (χ0) is 37.9. The predicted molar refractivity (Wildman–Crippen MR) is 242 cm³/mol. The summed E-state index contributed by atoms with van der Waals surface area (Å²) in [5.74, 6) is 0. The molecule has 0 saturated carbocycles. The van der Waals surface area contributed by atoms with Gasteiger partial charge in [-0.25, -0.2) is 0 Å². The van der Waals surface area contributed by atoms with Gasteiger partial charge in [-0.15, -0.1) is 0 Å². The lowest BCUT2D eigenvalue weighted by Crippen LogP contribution is -1.96. The van der Waals surface area contributed by atoms with Gasteiger partial charge in [0.2, 0.25) is 0 Å². The van der Waals surface area contributed by atoms with E-state index in [1.165, 1.54) is 60.1 Å². The lowest BCUT2D eigenvalue weighted by atomic mass is 10.0. The molecule has 0 saturated heterocycles. The molecule has 4 aromatic heterocycles. The Morgan fingerprint density at radius 2 is 0.776 bits per heavy atom. The highest BCUT2D eigenvalue weighted by atomic mass is 16.3. The zero-order valence-corrected chi connectivity index (χ0v) is 31.3. The van der Waals surface area contributed by atoms with Gasteiger partial charge < -0.3 is 18.1 Å². The quantitative estimate of drug-likeness (QED) is 0.177. The highest BCUT2D eigenvalue weighted by molar-refractivity contribution is 6.22. The smallest absolute Gasteiger partial charge is 0.160 e. The molecule has 0 aliphatic rings. The van der Waals surface area contributed by atoms with Gasteiger partial charge in [-0.05, 0) is 90.0 Å². The minimum absolute atomic E-state index is 0.895. The van der Waals surface area contributed by atoms with E-state index < -0.39 is 0 Å². The average molecular weight is 740 g/mol. The van der Waals surface area contributed by atoms with Gasteiger partial charge in [-0.1, -0.05) is 121 Å². The minimum Gasteiger partial charge on any atom is -0.454 e. The third-order valence-corrected chi connectivity index (χ3v) is 12.2. The van der Waals surface area contributed by atoms with Crippen LogP contribution in [-0.2, 0) is 0 Å². The molecule has 4 heterocycles. The molecule has 0 fully saturated rings. The Balaban J connectivity index is 1.02. The van der Waals surface area contributed by atoms with Crippen LogP contribution in [0.3, 0.4) is 0 Å². The van der Waals surface area contributed by atoms with Gasteiger partial charge in [-0.2, -0.15) is 0 Å². The maximum absolute atomic E-state index is 6.75. The molecule has 0 aliphatic heterocycles. The van der Waals surface area contributed by atoms with Crippen LogP contribution in [0.25, 0.3) is 116 Å². The maximum Gasteiger partial charge on any atom is 0.160 e. The fraction of sp³-hybridized carbons (Fsp3) is 0. The third-order valence-electron chi connectivity index (χ3n) is 12.2. The number of benzene rings is 9. The number of aromatic nitrogens is 3. The van der Waals surface area contributed by atoms with Gasteiger partial charge in [-0.3, -0.25) is 0 Å². The normalized spacial score (nSPS) is 12.1. The van der Waals surface area contributed by atoms with E-state index in [1.54, 1.807) is 0 Å². The topological polar surface area (TPSA) is 27.9 Å². The number of fused-ring (bicyclic) bond motifs is 13. The molecule has 0 N–H and O–H groups in total. The van der Waals surface area contributed by atoms with Gasteiger partial charge in [0.15, 0.2) is 5.58 Å².